The Morgan fingerprint density at radius 3 is 1.29 bits per heavy atom. The predicted molar refractivity (Wildman–Crippen MR) is 228 cm³/mol. The number of carbonyl (C=O) groups is 2. The monoisotopic (exact) mass is 783 g/mol. The van der Waals surface area contributed by atoms with E-state index in [1.165, 1.54) is 0 Å². The molecule has 0 aliphatic rings. The number of rotatable bonds is 35. The van der Waals surface area contributed by atoms with Crippen LogP contribution in [0.25, 0.3) is 0 Å². The molecule has 0 aromatic carbocycles. The van der Waals surface area contributed by atoms with Gasteiger partial charge in [-0.05, 0) is 89.9 Å². The van der Waals surface area contributed by atoms with E-state index in [4.69, 9.17) is 24.3 Å². The summed E-state index contributed by atoms with van der Waals surface area (Å²) in [4.78, 5) is 34.8. The molecule has 2 unspecified atom stereocenters. The summed E-state index contributed by atoms with van der Waals surface area (Å²) in [5.41, 5.74) is 5.33. The van der Waals surface area contributed by atoms with E-state index in [2.05, 4.69) is 123 Å². The number of phosphoric acid groups is 1. The molecule has 3 N–H and O–H groups in total. The summed E-state index contributed by atoms with van der Waals surface area (Å²) in [6.07, 6.45) is 53.9. The number of phosphoric ester groups is 1. The first-order chi connectivity index (χ1) is 26.8. The van der Waals surface area contributed by atoms with Gasteiger partial charge in [-0.3, -0.25) is 18.6 Å². The summed E-state index contributed by atoms with van der Waals surface area (Å²) in [7, 11) is -4.41. The molecule has 0 aliphatic heterocycles. The molecule has 0 rings (SSSR count). The van der Waals surface area contributed by atoms with Crippen LogP contribution in [0, 0.1) is 0 Å². The lowest BCUT2D eigenvalue weighted by Gasteiger charge is -2.19. The average Bonchev–Trinajstić information content (AvgIpc) is 3.17. The third kappa shape index (κ3) is 39.9. The maximum absolute atomic E-state index is 12.5. The van der Waals surface area contributed by atoms with Crippen LogP contribution < -0.4 is 5.73 Å². The number of allylic oxidation sites excluding steroid dienone is 20. The largest absolute Gasteiger partial charge is 0.472 e. The summed E-state index contributed by atoms with van der Waals surface area (Å²) in [6.45, 7) is 3.32. The molecule has 0 heterocycles. The van der Waals surface area contributed by atoms with Crippen molar-refractivity contribution < 1.29 is 37.6 Å². The number of unbranched alkanes of at least 4 members (excludes halogenated alkanes) is 2. The van der Waals surface area contributed by atoms with E-state index >= 15 is 0 Å². The van der Waals surface area contributed by atoms with Gasteiger partial charge in [-0.2, -0.15) is 0 Å². The van der Waals surface area contributed by atoms with Gasteiger partial charge in [0.15, 0.2) is 6.10 Å². The molecule has 308 valence electrons. The van der Waals surface area contributed by atoms with Gasteiger partial charge in [-0.25, -0.2) is 4.57 Å². The van der Waals surface area contributed by atoms with Crippen molar-refractivity contribution in [2.24, 2.45) is 5.73 Å². The van der Waals surface area contributed by atoms with Crippen LogP contribution in [-0.2, 0) is 32.7 Å². The molecular formula is C45H70NO8P. The maximum atomic E-state index is 12.5. The first kappa shape index (κ1) is 51.4. The molecule has 0 amide bonds. The van der Waals surface area contributed by atoms with E-state index in [1.807, 2.05) is 12.2 Å². The normalized spacial score (nSPS) is 14.6. The zero-order chi connectivity index (χ0) is 40.3. The molecule has 10 heteroatoms. The van der Waals surface area contributed by atoms with E-state index in [1.54, 1.807) is 0 Å². The Hall–Kier alpha value is -3.59. The van der Waals surface area contributed by atoms with Crippen LogP contribution in [0.2, 0.25) is 0 Å². The Morgan fingerprint density at radius 1 is 0.545 bits per heavy atom. The lowest BCUT2D eigenvalue weighted by Crippen LogP contribution is -2.29. The molecule has 0 aromatic heterocycles. The van der Waals surface area contributed by atoms with Crippen LogP contribution >= 0.6 is 7.82 Å². The van der Waals surface area contributed by atoms with E-state index in [-0.39, 0.29) is 32.6 Å². The molecule has 0 fully saturated rings. The molecule has 0 spiro atoms. The molecule has 0 saturated carbocycles. The van der Waals surface area contributed by atoms with Crippen molar-refractivity contribution in [3.05, 3.63) is 122 Å². The molecule has 0 radical (unpaired) electrons. The van der Waals surface area contributed by atoms with E-state index < -0.39 is 32.5 Å². The second kappa shape index (κ2) is 40.1. The van der Waals surface area contributed by atoms with Gasteiger partial charge in [-0.1, -0.05) is 135 Å². The molecule has 0 bridgehead atoms. The Morgan fingerprint density at radius 2 is 0.909 bits per heavy atom. The van der Waals surface area contributed by atoms with Gasteiger partial charge in [0.1, 0.15) is 6.61 Å². The highest BCUT2D eigenvalue weighted by molar-refractivity contribution is 7.47. The second-order valence-electron chi connectivity index (χ2n) is 12.4. The van der Waals surface area contributed by atoms with E-state index in [9.17, 15) is 19.0 Å². The van der Waals surface area contributed by atoms with Crippen LogP contribution in [0.15, 0.2) is 122 Å². The summed E-state index contributed by atoms with van der Waals surface area (Å²) in [5, 5.41) is 0. The molecule has 0 saturated heterocycles. The van der Waals surface area contributed by atoms with Crippen LogP contribution in [0.4, 0.5) is 0 Å². The highest BCUT2D eigenvalue weighted by Crippen LogP contribution is 2.43. The molecule has 9 nitrogen and oxygen atoms in total. The highest BCUT2D eigenvalue weighted by atomic mass is 31.2. The van der Waals surface area contributed by atoms with Gasteiger partial charge < -0.3 is 20.1 Å². The molecule has 55 heavy (non-hydrogen) atoms. The fourth-order valence-electron chi connectivity index (χ4n) is 4.47. The first-order valence-electron chi connectivity index (χ1n) is 20.0. The first-order valence-corrected chi connectivity index (χ1v) is 21.5. The van der Waals surface area contributed by atoms with E-state index in [0.29, 0.717) is 25.7 Å². The fourth-order valence-corrected chi connectivity index (χ4v) is 5.23. The number of hydrogen-bond donors (Lipinski definition) is 2. The minimum Gasteiger partial charge on any atom is -0.462 e. The fraction of sp³-hybridized carbons (Fsp3) is 0.511. The number of esters is 2. The zero-order valence-electron chi connectivity index (χ0n) is 33.6. The number of nitrogens with two attached hydrogens (primary N) is 1. The Bertz CT molecular complexity index is 1310. The standard InChI is InChI=1S/C45H70NO8P/c1-3-5-7-9-11-13-15-17-19-21-23-25-27-29-31-33-35-37-44(47)51-41-43(42-53-55(49,50)52-40-39-46)54-45(48)38-36-34-32-30-28-26-24-22-20-18-16-14-12-10-8-6-4-2/h5-8,11-14,17-20,23-26,29-32,43H,3-4,9-10,15-16,21-22,27-28,33-42,46H2,1-2H3,(H,49,50). The van der Waals surface area contributed by atoms with Gasteiger partial charge >= 0.3 is 19.8 Å². The topological polar surface area (TPSA) is 134 Å². The van der Waals surface area contributed by atoms with Crippen molar-refractivity contribution in [3.8, 4) is 0 Å². The van der Waals surface area contributed by atoms with E-state index in [0.717, 1.165) is 64.2 Å². The van der Waals surface area contributed by atoms with Crippen LogP contribution in [0.5, 0.6) is 0 Å². The second-order valence-corrected chi connectivity index (χ2v) is 13.8. The molecule has 0 aliphatic carbocycles. The zero-order valence-corrected chi connectivity index (χ0v) is 34.5. The summed E-state index contributed by atoms with van der Waals surface area (Å²) in [6, 6.07) is 0. The van der Waals surface area contributed by atoms with Gasteiger partial charge in [0.05, 0.1) is 13.2 Å². The van der Waals surface area contributed by atoms with Crippen molar-refractivity contribution in [1.82, 2.24) is 0 Å². The molecule has 0 aromatic rings. The third-order valence-corrected chi connectivity index (χ3v) is 8.33. The molecule has 2 atom stereocenters. The smallest absolute Gasteiger partial charge is 0.462 e. The SMILES string of the molecule is CCC=CCC=CCC=CCC=CCC=CCCCC(=O)OCC(COP(=O)(O)OCCN)OC(=O)CCCC=CCC=CCC=CCC=CCC=CCC. The number of ether oxygens (including phenoxy) is 2. The van der Waals surface area contributed by atoms with Crippen molar-refractivity contribution >= 4 is 19.8 Å². The number of carbonyl (C=O) groups excluding carboxylic acids is 2. The average molecular weight is 784 g/mol. The Labute approximate surface area is 332 Å². The van der Waals surface area contributed by atoms with Gasteiger partial charge in [0.25, 0.3) is 0 Å². The Balaban J connectivity index is 4.43. The molecular weight excluding hydrogens is 713 g/mol. The van der Waals surface area contributed by atoms with Crippen LogP contribution in [0.3, 0.4) is 0 Å². The van der Waals surface area contributed by atoms with Crippen molar-refractivity contribution in [3.63, 3.8) is 0 Å². The maximum Gasteiger partial charge on any atom is 0.472 e. The summed E-state index contributed by atoms with van der Waals surface area (Å²) < 4.78 is 32.6. The lowest BCUT2D eigenvalue weighted by molar-refractivity contribution is -0.161. The summed E-state index contributed by atoms with van der Waals surface area (Å²) >= 11 is 0. The minimum absolute atomic E-state index is 0.0292. The Kier molecular flexibility index (Phi) is 37.5. The lowest BCUT2D eigenvalue weighted by atomic mass is 10.2. The highest BCUT2D eigenvalue weighted by Gasteiger charge is 2.25. The number of hydrogen-bond acceptors (Lipinski definition) is 8. The van der Waals surface area contributed by atoms with Gasteiger partial charge in [-0.15, -0.1) is 0 Å². The van der Waals surface area contributed by atoms with Gasteiger partial charge in [0.2, 0.25) is 0 Å². The van der Waals surface area contributed by atoms with Crippen molar-refractivity contribution in [1.29, 1.82) is 0 Å². The minimum atomic E-state index is -4.41. The van der Waals surface area contributed by atoms with Crippen molar-refractivity contribution in [2.45, 2.75) is 123 Å². The van der Waals surface area contributed by atoms with Crippen LogP contribution in [-0.4, -0.2) is 49.3 Å². The van der Waals surface area contributed by atoms with Crippen LogP contribution in [0.1, 0.15) is 117 Å². The summed E-state index contributed by atoms with van der Waals surface area (Å²) in [5.74, 6) is -0.982. The third-order valence-electron chi connectivity index (χ3n) is 7.34. The quantitative estimate of drug-likeness (QED) is 0.0279. The van der Waals surface area contributed by atoms with Gasteiger partial charge in [0, 0.05) is 19.4 Å². The van der Waals surface area contributed by atoms with Crippen molar-refractivity contribution in [2.75, 3.05) is 26.4 Å². The predicted octanol–water partition coefficient (Wildman–Crippen LogP) is 11.4.